The van der Waals surface area contributed by atoms with Gasteiger partial charge in [-0.15, -0.1) is 22.9 Å². The minimum absolute atomic E-state index is 0.00903. The first-order valence-electron chi connectivity index (χ1n) is 4.46. The Morgan fingerprint density at radius 1 is 1.47 bits per heavy atom. The average Bonchev–Trinajstić information content (AvgIpc) is 2.68. The molecule has 0 unspecified atom stereocenters. The first-order chi connectivity index (χ1) is 7.29. The van der Waals surface area contributed by atoms with Gasteiger partial charge < -0.3 is 5.32 Å². The molecular formula is C10H9ClN2OS. The third kappa shape index (κ3) is 2.46. The molecule has 0 aliphatic rings. The highest BCUT2D eigenvalue weighted by atomic mass is 35.5. The molecular weight excluding hydrogens is 232 g/mol. The maximum Gasteiger partial charge on any atom is 0.235 e. The summed E-state index contributed by atoms with van der Waals surface area (Å²) in [5, 5.41) is 3.58. The average molecular weight is 241 g/mol. The number of alkyl halides is 1. The number of carbonyl (C=O) groups excluding carboxylic acids is 1. The normalized spacial score (nSPS) is 10.5. The van der Waals surface area contributed by atoms with Crippen molar-refractivity contribution in [3.63, 3.8) is 0 Å². The van der Waals surface area contributed by atoms with E-state index >= 15 is 0 Å². The fourth-order valence-electron chi connectivity index (χ4n) is 1.22. The van der Waals surface area contributed by atoms with Gasteiger partial charge in [0, 0.05) is 0 Å². The van der Waals surface area contributed by atoms with Crippen molar-refractivity contribution in [2.75, 3.05) is 5.88 Å². The van der Waals surface area contributed by atoms with Crippen LogP contribution in [0.1, 0.15) is 5.01 Å². The molecule has 1 heterocycles. The lowest BCUT2D eigenvalue weighted by Gasteiger charge is -1.97. The maximum absolute atomic E-state index is 10.9. The van der Waals surface area contributed by atoms with E-state index in [9.17, 15) is 4.79 Å². The first kappa shape index (κ1) is 10.4. The molecule has 0 saturated heterocycles. The number of carbonyl (C=O) groups is 1. The van der Waals surface area contributed by atoms with E-state index < -0.39 is 0 Å². The number of benzene rings is 1. The molecule has 0 aliphatic carbocycles. The molecule has 1 aromatic heterocycles. The summed E-state index contributed by atoms with van der Waals surface area (Å²) in [5.74, 6) is -0.179. The van der Waals surface area contributed by atoms with Gasteiger partial charge >= 0.3 is 0 Å². The molecule has 0 fully saturated rings. The number of nitrogens with one attached hydrogen (secondary N) is 1. The van der Waals surface area contributed by atoms with Gasteiger partial charge in [0.2, 0.25) is 5.91 Å². The lowest BCUT2D eigenvalue weighted by molar-refractivity contribution is -0.118. The van der Waals surface area contributed by atoms with Gasteiger partial charge in [-0.05, 0) is 12.1 Å². The molecule has 5 heteroatoms. The lowest BCUT2D eigenvalue weighted by Crippen LogP contribution is -2.23. The molecule has 0 spiro atoms. The van der Waals surface area contributed by atoms with E-state index in [0.29, 0.717) is 6.54 Å². The number of hydrogen-bond donors (Lipinski definition) is 1. The van der Waals surface area contributed by atoms with Crippen molar-refractivity contribution >= 4 is 39.1 Å². The van der Waals surface area contributed by atoms with Crippen LogP contribution in [0.15, 0.2) is 24.3 Å². The summed E-state index contributed by atoms with van der Waals surface area (Å²) in [6.45, 7) is 0.449. The second-order valence-electron chi connectivity index (χ2n) is 2.99. The minimum Gasteiger partial charge on any atom is -0.349 e. The Morgan fingerprint density at radius 2 is 2.27 bits per heavy atom. The zero-order valence-corrected chi connectivity index (χ0v) is 9.44. The predicted molar refractivity (Wildman–Crippen MR) is 62.2 cm³/mol. The number of para-hydroxylation sites is 1. The summed E-state index contributed by atoms with van der Waals surface area (Å²) in [7, 11) is 0. The van der Waals surface area contributed by atoms with Crippen LogP contribution in [0.3, 0.4) is 0 Å². The quantitative estimate of drug-likeness (QED) is 0.836. The smallest absolute Gasteiger partial charge is 0.235 e. The Bertz CT molecular complexity index is 450. The summed E-state index contributed by atoms with van der Waals surface area (Å²) in [6.07, 6.45) is 0. The Labute approximate surface area is 96.1 Å². The fourth-order valence-corrected chi connectivity index (χ4v) is 2.22. The maximum atomic E-state index is 10.9. The van der Waals surface area contributed by atoms with Gasteiger partial charge in [0.05, 0.1) is 16.8 Å². The first-order valence-corrected chi connectivity index (χ1v) is 5.82. The fraction of sp³-hybridized carbons (Fsp3) is 0.200. The number of hydrogen-bond acceptors (Lipinski definition) is 3. The topological polar surface area (TPSA) is 42.0 Å². The number of amides is 1. The van der Waals surface area contributed by atoms with Crippen molar-refractivity contribution < 1.29 is 4.79 Å². The molecule has 3 nitrogen and oxygen atoms in total. The molecule has 2 aromatic rings. The largest absolute Gasteiger partial charge is 0.349 e. The number of rotatable bonds is 3. The molecule has 0 bridgehead atoms. The van der Waals surface area contributed by atoms with Crippen LogP contribution in [0, 0.1) is 0 Å². The molecule has 78 valence electrons. The summed E-state index contributed by atoms with van der Waals surface area (Å²) >= 11 is 6.95. The Morgan fingerprint density at radius 3 is 3.00 bits per heavy atom. The molecule has 1 N–H and O–H groups in total. The molecule has 0 atom stereocenters. The van der Waals surface area contributed by atoms with Crippen molar-refractivity contribution in [1.82, 2.24) is 10.3 Å². The van der Waals surface area contributed by atoms with Gasteiger partial charge in [-0.3, -0.25) is 4.79 Å². The van der Waals surface area contributed by atoms with Crippen LogP contribution in [0.2, 0.25) is 0 Å². The Hall–Kier alpha value is -1.13. The van der Waals surface area contributed by atoms with Gasteiger partial charge in [-0.2, -0.15) is 0 Å². The zero-order valence-electron chi connectivity index (χ0n) is 7.87. The highest BCUT2D eigenvalue weighted by Crippen LogP contribution is 2.21. The summed E-state index contributed by atoms with van der Waals surface area (Å²) < 4.78 is 1.13. The van der Waals surface area contributed by atoms with E-state index in [0.717, 1.165) is 15.2 Å². The molecule has 1 aromatic carbocycles. The van der Waals surface area contributed by atoms with E-state index in [1.807, 2.05) is 24.3 Å². The van der Waals surface area contributed by atoms with Crippen LogP contribution < -0.4 is 5.32 Å². The monoisotopic (exact) mass is 240 g/mol. The highest BCUT2D eigenvalue weighted by Gasteiger charge is 2.04. The molecule has 0 saturated carbocycles. The van der Waals surface area contributed by atoms with Crippen molar-refractivity contribution in [2.24, 2.45) is 0 Å². The standard InChI is InChI=1S/C10H9ClN2OS/c11-5-9(14)12-6-10-13-7-3-1-2-4-8(7)15-10/h1-4H,5-6H2,(H,12,14). The molecule has 2 rings (SSSR count). The van der Waals surface area contributed by atoms with Gasteiger partial charge in [-0.1, -0.05) is 12.1 Å². The van der Waals surface area contributed by atoms with E-state index in [4.69, 9.17) is 11.6 Å². The number of fused-ring (bicyclic) bond motifs is 1. The van der Waals surface area contributed by atoms with Crippen molar-refractivity contribution in [3.8, 4) is 0 Å². The second kappa shape index (κ2) is 4.59. The SMILES string of the molecule is O=C(CCl)NCc1nc2ccccc2s1. The van der Waals surface area contributed by atoms with Gasteiger partial charge in [0.1, 0.15) is 10.9 Å². The number of aromatic nitrogens is 1. The predicted octanol–water partition coefficient (Wildman–Crippen LogP) is 2.15. The Kier molecular flexibility index (Phi) is 3.18. The van der Waals surface area contributed by atoms with Crippen LogP contribution in [-0.2, 0) is 11.3 Å². The van der Waals surface area contributed by atoms with Gasteiger partial charge in [0.25, 0.3) is 0 Å². The van der Waals surface area contributed by atoms with Crippen molar-refractivity contribution in [1.29, 1.82) is 0 Å². The number of halogens is 1. The summed E-state index contributed by atoms with van der Waals surface area (Å²) in [5.41, 5.74) is 0.970. The molecule has 0 aliphatic heterocycles. The third-order valence-corrected chi connectivity index (χ3v) is 3.18. The van der Waals surface area contributed by atoms with Gasteiger partial charge in [0.15, 0.2) is 0 Å². The molecule has 0 radical (unpaired) electrons. The van der Waals surface area contributed by atoms with Crippen LogP contribution >= 0.6 is 22.9 Å². The molecule has 1 amide bonds. The van der Waals surface area contributed by atoms with Crippen LogP contribution in [0.4, 0.5) is 0 Å². The van der Waals surface area contributed by atoms with Gasteiger partial charge in [-0.25, -0.2) is 4.98 Å². The minimum atomic E-state index is -0.170. The third-order valence-electron chi connectivity index (χ3n) is 1.90. The van der Waals surface area contributed by atoms with E-state index in [2.05, 4.69) is 10.3 Å². The van der Waals surface area contributed by atoms with Crippen molar-refractivity contribution in [3.05, 3.63) is 29.3 Å². The molecule has 15 heavy (non-hydrogen) atoms. The van der Waals surface area contributed by atoms with E-state index in [-0.39, 0.29) is 11.8 Å². The van der Waals surface area contributed by atoms with Crippen LogP contribution in [0.5, 0.6) is 0 Å². The van der Waals surface area contributed by atoms with Crippen molar-refractivity contribution in [2.45, 2.75) is 6.54 Å². The van der Waals surface area contributed by atoms with Crippen LogP contribution in [0.25, 0.3) is 10.2 Å². The lowest BCUT2D eigenvalue weighted by atomic mass is 10.3. The van der Waals surface area contributed by atoms with E-state index in [1.54, 1.807) is 11.3 Å². The zero-order chi connectivity index (χ0) is 10.7. The summed E-state index contributed by atoms with van der Waals surface area (Å²) in [4.78, 5) is 15.3. The highest BCUT2D eigenvalue weighted by molar-refractivity contribution is 7.18. The number of nitrogens with zero attached hydrogens (tertiary/aromatic N) is 1. The summed E-state index contributed by atoms with van der Waals surface area (Å²) in [6, 6.07) is 7.89. The van der Waals surface area contributed by atoms with E-state index in [1.165, 1.54) is 0 Å². The Balaban J connectivity index is 2.12. The van der Waals surface area contributed by atoms with Crippen LogP contribution in [-0.4, -0.2) is 16.8 Å². The number of thiazole rings is 1. The second-order valence-corrected chi connectivity index (χ2v) is 4.37.